The topological polar surface area (TPSA) is 84.2 Å². The van der Waals surface area contributed by atoms with Crippen molar-refractivity contribution in [1.29, 1.82) is 5.26 Å². The number of pyridine rings is 1. The fourth-order valence-electron chi connectivity index (χ4n) is 1.78. The molecule has 6 heteroatoms. The van der Waals surface area contributed by atoms with E-state index in [0.29, 0.717) is 28.4 Å². The number of ether oxygens (including phenoxy) is 2. The van der Waals surface area contributed by atoms with Gasteiger partial charge in [-0.3, -0.25) is 4.79 Å². The number of rotatable bonds is 4. The first-order chi connectivity index (χ1) is 10.2. The van der Waals surface area contributed by atoms with Crippen LogP contribution in [-0.4, -0.2) is 25.1 Å². The van der Waals surface area contributed by atoms with Crippen LogP contribution in [0, 0.1) is 11.3 Å². The van der Waals surface area contributed by atoms with Crippen LogP contribution in [0.3, 0.4) is 0 Å². The maximum absolute atomic E-state index is 12.3. The fraction of sp³-hybridized carbons (Fsp3) is 0.133. The smallest absolute Gasteiger partial charge is 0.260 e. The van der Waals surface area contributed by atoms with Crippen LogP contribution in [0.2, 0.25) is 0 Å². The van der Waals surface area contributed by atoms with Gasteiger partial charge >= 0.3 is 0 Å². The summed E-state index contributed by atoms with van der Waals surface area (Å²) >= 11 is 0. The molecule has 1 amide bonds. The molecule has 106 valence electrons. The molecule has 0 aliphatic heterocycles. The van der Waals surface area contributed by atoms with Crippen LogP contribution in [0.1, 0.15) is 15.9 Å². The fourth-order valence-corrected chi connectivity index (χ4v) is 1.78. The second-order valence-corrected chi connectivity index (χ2v) is 4.04. The number of nitriles is 1. The number of carbonyl (C=O) groups excluding carboxylic acids is 1. The summed E-state index contributed by atoms with van der Waals surface area (Å²) in [5, 5.41) is 11.3. The number of aromatic nitrogens is 1. The minimum atomic E-state index is -0.372. The molecule has 1 heterocycles. The summed E-state index contributed by atoms with van der Waals surface area (Å²) in [6, 6.07) is 10.1. The van der Waals surface area contributed by atoms with Gasteiger partial charge < -0.3 is 14.8 Å². The predicted molar refractivity (Wildman–Crippen MR) is 76.5 cm³/mol. The molecule has 2 rings (SSSR count). The van der Waals surface area contributed by atoms with Crippen LogP contribution < -0.4 is 14.8 Å². The van der Waals surface area contributed by atoms with Crippen LogP contribution in [0.15, 0.2) is 36.5 Å². The minimum absolute atomic E-state index is 0.336. The summed E-state index contributed by atoms with van der Waals surface area (Å²) in [6.45, 7) is 0. The number of carbonyl (C=O) groups is 1. The van der Waals surface area contributed by atoms with Gasteiger partial charge in [-0.15, -0.1) is 0 Å². The second-order valence-electron chi connectivity index (χ2n) is 4.04. The summed E-state index contributed by atoms with van der Waals surface area (Å²) in [4.78, 5) is 16.3. The van der Waals surface area contributed by atoms with Gasteiger partial charge in [0, 0.05) is 6.20 Å². The van der Waals surface area contributed by atoms with Crippen molar-refractivity contribution >= 4 is 11.7 Å². The van der Waals surface area contributed by atoms with Crippen LogP contribution >= 0.6 is 0 Å². The summed E-state index contributed by atoms with van der Waals surface area (Å²) in [5.41, 5.74) is 0.759. The molecule has 1 aromatic heterocycles. The maximum Gasteiger partial charge on any atom is 0.260 e. The van der Waals surface area contributed by atoms with Crippen LogP contribution in [0.5, 0.6) is 11.5 Å². The highest BCUT2D eigenvalue weighted by Gasteiger charge is 2.16. The Hall–Kier alpha value is -3.07. The number of hydrogen-bond donors (Lipinski definition) is 1. The van der Waals surface area contributed by atoms with Crippen molar-refractivity contribution in [2.75, 3.05) is 19.5 Å². The lowest BCUT2D eigenvalue weighted by atomic mass is 10.1. The Morgan fingerprint density at radius 2 is 2.05 bits per heavy atom. The molecule has 0 atom stereocenters. The highest BCUT2D eigenvalue weighted by atomic mass is 16.5. The third kappa shape index (κ3) is 3.09. The lowest BCUT2D eigenvalue weighted by Crippen LogP contribution is -2.14. The van der Waals surface area contributed by atoms with Gasteiger partial charge in [0.2, 0.25) is 0 Å². The van der Waals surface area contributed by atoms with Gasteiger partial charge in [-0.1, -0.05) is 6.07 Å². The van der Waals surface area contributed by atoms with Crippen molar-refractivity contribution in [3.63, 3.8) is 0 Å². The normalized spacial score (nSPS) is 9.57. The molecule has 21 heavy (non-hydrogen) atoms. The molecule has 6 nitrogen and oxygen atoms in total. The Kier molecular flexibility index (Phi) is 4.36. The molecular weight excluding hydrogens is 270 g/mol. The number of nitrogens with zero attached hydrogens (tertiary/aromatic N) is 2. The van der Waals surface area contributed by atoms with Gasteiger partial charge in [0.05, 0.1) is 25.3 Å². The Balaban J connectivity index is 2.26. The third-order valence-electron chi connectivity index (χ3n) is 2.78. The molecule has 0 saturated heterocycles. The van der Waals surface area contributed by atoms with E-state index in [2.05, 4.69) is 10.3 Å². The lowest BCUT2D eigenvalue weighted by molar-refractivity contribution is 0.102. The molecule has 2 aromatic rings. The number of anilines is 1. The molecule has 0 bridgehead atoms. The van der Waals surface area contributed by atoms with Crippen molar-refractivity contribution < 1.29 is 14.3 Å². The van der Waals surface area contributed by atoms with E-state index in [-0.39, 0.29) is 5.91 Å². The van der Waals surface area contributed by atoms with Crippen molar-refractivity contribution in [3.8, 4) is 17.6 Å². The highest BCUT2D eigenvalue weighted by Crippen LogP contribution is 2.30. The van der Waals surface area contributed by atoms with E-state index in [0.717, 1.165) is 0 Å². The second kappa shape index (κ2) is 6.39. The molecule has 0 aliphatic carbocycles. The Labute approximate surface area is 121 Å². The first-order valence-corrected chi connectivity index (χ1v) is 6.08. The lowest BCUT2D eigenvalue weighted by Gasteiger charge is -2.12. The average Bonchev–Trinajstić information content (AvgIpc) is 2.54. The van der Waals surface area contributed by atoms with Gasteiger partial charge in [0.1, 0.15) is 11.9 Å². The Bertz CT molecular complexity index is 690. The van der Waals surface area contributed by atoms with Crippen LogP contribution in [0.4, 0.5) is 5.82 Å². The molecule has 0 aliphatic rings. The number of methoxy groups -OCH3 is 2. The van der Waals surface area contributed by atoms with Gasteiger partial charge in [0.15, 0.2) is 11.5 Å². The quantitative estimate of drug-likeness (QED) is 0.930. The van der Waals surface area contributed by atoms with Crippen molar-refractivity contribution in [2.45, 2.75) is 0 Å². The first kappa shape index (κ1) is 14.3. The zero-order valence-electron chi connectivity index (χ0n) is 11.6. The standard InChI is InChI=1S/C15H13N3O3/c1-20-12-5-3-4-11(14(12)21-2)15(19)18-13-7-6-10(8-16)9-17-13/h3-7,9H,1-2H3,(H,17,18,19). The summed E-state index contributed by atoms with van der Waals surface area (Å²) < 4.78 is 10.4. The van der Waals surface area contributed by atoms with Crippen molar-refractivity contribution in [2.24, 2.45) is 0 Å². The van der Waals surface area contributed by atoms with E-state index < -0.39 is 0 Å². The van der Waals surface area contributed by atoms with Crippen LogP contribution in [-0.2, 0) is 0 Å². The van der Waals surface area contributed by atoms with Gasteiger partial charge in [-0.25, -0.2) is 4.98 Å². The SMILES string of the molecule is COc1cccc(C(=O)Nc2ccc(C#N)cn2)c1OC. The van der Waals surface area contributed by atoms with Crippen molar-refractivity contribution in [3.05, 3.63) is 47.7 Å². The largest absolute Gasteiger partial charge is 0.493 e. The van der Waals surface area contributed by atoms with E-state index in [1.807, 2.05) is 6.07 Å². The van der Waals surface area contributed by atoms with Crippen molar-refractivity contribution in [1.82, 2.24) is 4.98 Å². The molecule has 0 radical (unpaired) electrons. The summed E-state index contributed by atoms with van der Waals surface area (Å²) in [7, 11) is 2.97. The summed E-state index contributed by atoms with van der Waals surface area (Å²) in [5.74, 6) is 0.802. The average molecular weight is 283 g/mol. The number of amides is 1. The maximum atomic E-state index is 12.3. The van der Waals surface area contributed by atoms with Gasteiger partial charge in [-0.05, 0) is 24.3 Å². The van der Waals surface area contributed by atoms with E-state index in [9.17, 15) is 4.79 Å². The monoisotopic (exact) mass is 283 g/mol. The number of benzene rings is 1. The molecule has 0 fully saturated rings. The first-order valence-electron chi connectivity index (χ1n) is 6.08. The van der Waals surface area contributed by atoms with E-state index in [4.69, 9.17) is 14.7 Å². The van der Waals surface area contributed by atoms with Crippen LogP contribution in [0.25, 0.3) is 0 Å². The number of para-hydroxylation sites is 1. The van der Waals surface area contributed by atoms with E-state index in [1.54, 1.807) is 30.3 Å². The zero-order chi connectivity index (χ0) is 15.2. The van der Waals surface area contributed by atoms with E-state index >= 15 is 0 Å². The Morgan fingerprint density at radius 1 is 1.24 bits per heavy atom. The third-order valence-corrected chi connectivity index (χ3v) is 2.78. The zero-order valence-corrected chi connectivity index (χ0v) is 11.6. The molecular formula is C15H13N3O3. The minimum Gasteiger partial charge on any atom is -0.493 e. The molecule has 0 saturated carbocycles. The van der Waals surface area contributed by atoms with Gasteiger partial charge in [-0.2, -0.15) is 5.26 Å². The molecule has 0 spiro atoms. The van der Waals surface area contributed by atoms with Gasteiger partial charge in [0.25, 0.3) is 5.91 Å². The number of hydrogen-bond acceptors (Lipinski definition) is 5. The molecule has 1 aromatic carbocycles. The highest BCUT2D eigenvalue weighted by molar-refractivity contribution is 6.06. The number of nitrogens with one attached hydrogen (secondary N) is 1. The Morgan fingerprint density at radius 3 is 2.62 bits per heavy atom. The summed E-state index contributed by atoms with van der Waals surface area (Å²) in [6.07, 6.45) is 1.39. The molecule has 0 unspecified atom stereocenters. The molecule has 1 N–H and O–H groups in total. The predicted octanol–water partition coefficient (Wildman–Crippen LogP) is 2.22. The van der Waals surface area contributed by atoms with E-state index in [1.165, 1.54) is 20.4 Å².